The van der Waals surface area contributed by atoms with Crippen LogP contribution >= 0.6 is 0 Å². The van der Waals surface area contributed by atoms with Gasteiger partial charge in [0.2, 0.25) is 5.91 Å². The molecule has 2 amide bonds. The lowest BCUT2D eigenvalue weighted by Gasteiger charge is -2.31. The van der Waals surface area contributed by atoms with Gasteiger partial charge in [-0.15, -0.1) is 0 Å². The quantitative estimate of drug-likeness (QED) is 0.171. The first-order valence-corrected chi connectivity index (χ1v) is 14.8. The molecule has 236 valence electrons. The average molecular weight is 621 g/mol. The fraction of sp³-hybridized carbons (Fsp3) is 0.406. The van der Waals surface area contributed by atoms with Crippen LogP contribution in [0.1, 0.15) is 65.6 Å². The number of benzene rings is 1. The predicted octanol–water partition coefficient (Wildman–Crippen LogP) is 2.29. The number of carbonyl (C=O) groups is 3. The molecule has 6 rings (SSSR count). The molecule has 3 aliphatic rings. The van der Waals surface area contributed by atoms with E-state index in [2.05, 4.69) is 17.2 Å². The molecule has 0 fully saturated rings. The van der Waals surface area contributed by atoms with E-state index < -0.39 is 53.6 Å². The highest BCUT2D eigenvalue weighted by Gasteiger charge is 2.46. The number of alkyl carbamates (subject to hydrolysis) is 1. The molecule has 0 bridgehead atoms. The first kappa shape index (κ1) is 30.4. The SMILES string of the molecule is C=CCOC(=O)N[C@@H](CO)CC(=O)N[C@H]1CCc2c(C)c(F)cc3nc4c(c1c23)Cn1c-4cc2c(c1=O)COC(=O)[C@]2(O)CC. The lowest BCUT2D eigenvalue weighted by molar-refractivity contribution is -0.172. The molecule has 1 aromatic carbocycles. The van der Waals surface area contributed by atoms with Gasteiger partial charge in [0.05, 0.1) is 47.7 Å². The van der Waals surface area contributed by atoms with Crippen LogP contribution in [0.2, 0.25) is 0 Å². The summed E-state index contributed by atoms with van der Waals surface area (Å²) in [6.07, 6.45) is 1.22. The lowest BCUT2D eigenvalue weighted by atomic mass is 9.81. The third kappa shape index (κ3) is 4.86. The van der Waals surface area contributed by atoms with Crippen molar-refractivity contribution in [3.8, 4) is 11.4 Å². The summed E-state index contributed by atoms with van der Waals surface area (Å²) in [6.45, 7) is 6.07. The van der Waals surface area contributed by atoms with Crippen LogP contribution in [0.4, 0.5) is 9.18 Å². The van der Waals surface area contributed by atoms with Crippen molar-refractivity contribution in [2.24, 2.45) is 0 Å². The Morgan fingerprint density at radius 3 is 2.80 bits per heavy atom. The highest BCUT2D eigenvalue weighted by atomic mass is 19.1. The standard InChI is InChI=1S/C32H33FN4O8/c1-4-8-44-31(42)34-16(13-38)9-25(39)35-22-7-6-17-15(3)21(33)11-23-26(17)27(22)18-12-37-24(28(18)36-23)10-20-19(29(37)40)14-45-30(41)32(20,43)5-2/h4,10-11,16,22,38,43H,1,5-9,12-14H2,2-3H3,(H,34,42)(H,35,39)/t16-,22+,32+/m1/s1. The molecule has 45 heavy (non-hydrogen) atoms. The summed E-state index contributed by atoms with van der Waals surface area (Å²) in [5.41, 5.74) is 1.62. The normalized spacial score (nSPS) is 20.0. The Balaban J connectivity index is 1.43. The summed E-state index contributed by atoms with van der Waals surface area (Å²) >= 11 is 0. The second-order valence-corrected chi connectivity index (χ2v) is 11.6. The fourth-order valence-electron chi connectivity index (χ4n) is 6.68. The van der Waals surface area contributed by atoms with Crippen LogP contribution in [0.25, 0.3) is 22.3 Å². The summed E-state index contributed by atoms with van der Waals surface area (Å²) < 4.78 is 26.7. The number of aromatic nitrogens is 2. The van der Waals surface area contributed by atoms with Crippen molar-refractivity contribution < 1.29 is 38.5 Å². The van der Waals surface area contributed by atoms with E-state index in [0.717, 1.165) is 5.56 Å². The Morgan fingerprint density at radius 1 is 1.31 bits per heavy atom. The maximum Gasteiger partial charge on any atom is 0.407 e. The average Bonchev–Trinajstić information content (AvgIpc) is 3.39. The Labute approximate surface area is 256 Å². The van der Waals surface area contributed by atoms with Gasteiger partial charge >= 0.3 is 12.1 Å². The maximum absolute atomic E-state index is 15.1. The van der Waals surface area contributed by atoms with Crippen LogP contribution in [0.15, 0.2) is 29.6 Å². The van der Waals surface area contributed by atoms with E-state index in [4.69, 9.17) is 14.5 Å². The van der Waals surface area contributed by atoms with Gasteiger partial charge in [0.25, 0.3) is 5.56 Å². The van der Waals surface area contributed by atoms with E-state index in [9.17, 15) is 29.4 Å². The minimum atomic E-state index is -2.00. The van der Waals surface area contributed by atoms with Gasteiger partial charge < -0.3 is 34.9 Å². The molecule has 2 aromatic heterocycles. The van der Waals surface area contributed by atoms with E-state index in [1.165, 1.54) is 16.7 Å². The molecule has 3 aromatic rings. The highest BCUT2D eigenvalue weighted by molar-refractivity contribution is 5.94. The monoisotopic (exact) mass is 620 g/mol. The van der Waals surface area contributed by atoms with E-state index in [-0.39, 0.29) is 43.7 Å². The smallest absolute Gasteiger partial charge is 0.407 e. The van der Waals surface area contributed by atoms with Gasteiger partial charge in [-0.2, -0.15) is 0 Å². The molecular formula is C32H33FN4O8. The first-order valence-electron chi connectivity index (χ1n) is 14.8. The van der Waals surface area contributed by atoms with Gasteiger partial charge in [-0.3, -0.25) is 9.59 Å². The number of amides is 2. The first-order chi connectivity index (χ1) is 21.5. The molecule has 1 aliphatic carbocycles. The number of esters is 1. The lowest BCUT2D eigenvalue weighted by Crippen LogP contribution is -2.44. The number of pyridine rings is 2. The molecular weight excluding hydrogens is 587 g/mol. The van der Waals surface area contributed by atoms with Crippen molar-refractivity contribution in [2.45, 2.75) is 70.4 Å². The number of rotatable bonds is 8. The predicted molar refractivity (Wildman–Crippen MR) is 159 cm³/mol. The van der Waals surface area contributed by atoms with Crippen LogP contribution in [0.5, 0.6) is 0 Å². The molecule has 0 radical (unpaired) electrons. The zero-order chi connectivity index (χ0) is 32.2. The van der Waals surface area contributed by atoms with Crippen molar-refractivity contribution in [1.82, 2.24) is 20.2 Å². The van der Waals surface area contributed by atoms with Gasteiger partial charge in [-0.25, -0.2) is 19.0 Å². The Kier molecular flexibility index (Phi) is 7.69. The number of aliphatic hydroxyl groups excluding tert-OH is 1. The molecule has 12 nitrogen and oxygen atoms in total. The molecule has 13 heteroatoms. The summed E-state index contributed by atoms with van der Waals surface area (Å²) in [7, 11) is 0. The zero-order valence-corrected chi connectivity index (χ0v) is 24.9. The third-order valence-corrected chi connectivity index (χ3v) is 9.02. The number of ether oxygens (including phenoxy) is 2. The highest BCUT2D eigenvalue weighted by Crippen LogP contribution is 2.46. The van der Waals surface area contributed by atoms with Crippen LogP contribution in [0, 0.1) is 12.7 Å². The number of carbonyl (C=O) groups excluding carboxylic acids is 3. The van der Waals surface area contributed by atoms with Gasteiger partial charge in [-0.05, 0) is 48.9 Å². The molecule has 0 unspecified atom stereocenters. The Hall–Kier alpha value is -4.62. The molecule has 4 N–H and O–H groups in total. The van der Waals surface area contributed by atoms with E-state index in [1.807, 2.05) is 0 Å². The van der Waals surface area contributed by atoms with Crippen molar-refractivity contribution >= 4 is 28.9 Å². The number of nitrogens with one attached hydrogen (secondary N) is 2. The second-order valence-electron chi connectivity index (χ2n) is 11.6. The van der Waals surface area contributed by atoms with Crippen molar-refractivity contribution in [3.05, 3.63) is 74.3 Å². The summed E-state index contributed by atoms with van der Waals surface area (Å²) in [5.74, 6) is -1.71. The van der Waals surface area contributed by atoms with Gasteiger partial charge in [0.1, 0.15) is 19.0 Å². The number of fused-ring (bicyclic) bond motifs is 5. The molecule has 0 saturated heterocycles. The van der Waals surface area contributed by atoms with Gasteiger partial charge in [-0.1, -0.05) is 19.6 Å². The topological polar surface area (TPSA) is 169 Å². The van der Waals surface area contributed by atoms with Crippen LogP contribution in [0.3, 0.4) is 0 Å². The zero-order valence-electron chi connectivity index (χ0n) is 24.9. The number of aliphatic hydroxyl groups is 2. The minimum absolute atomic E-state index is 0.0113. The Morgan fingerprint density at radius 2 is 2.09 bits per heavy atom. The largest absolute Gasteiger partial charge is 0.458 e. The van der Waals surface area contributed by atoms with Crippen LogP contribution < -0.4 is 16.2 Å². The molecule has 0 spiro atoms. The Bertz CT molecular complexity index is 1850. The van der Waals surface area contributed by atoms with Crippen LogP contribution in [-0.2, 0) is 44.2 Å². The number of halogens is 1. The number of hydrogen-bond donors (Lipinski definition) is 4. The molecule has 2 aliphatic heterocycles. The fourth-order valence-corrected chi connectivity index (χ4v) is 6.68. The summed E-state index contributed by atoms with van der Waals surface area (Å²) in [4.78, 5) is 56.4. The molecule has 3 atom stereocenters. The van der Waals surface area contributed by atoms with Crippen molar-refractivity contribution in [1.29, 1.82) is 0 Å². The van der Waals surface area contributed by atoms with Crippen LogP contribution in [-0.4, -0.2) is 57.0 Å². The number of hydrogen-bond acceptors (Lipinski definition) is 9. The van der Waals surface area contributed by atoms with Gasteiger partial charge in [0.15, 0.2) is 5.60 Å². The number of cyclic esters (lactones) is 1. The summed E-state index contributed by atoms with van der Waals surface area (Å²) in [5, 5.41) is 27.2. The number of aryl methyl sites for hydroxylation is 1. The molecule has 0 saturated carbocycles. The van der Waals surface area contributed by atoms with E-state index >= 15 is 4.39 Å². The van der Waals surface area contributed by atoms with Gasteiger partial charge in [0, 0.05) is 29.0 Å². The number of nitrogens with zero attached hydrogens (tertiary/aromatic N) is 2. The second kappa shape index (κ2) is 11.4. The summed E-state index contributed by atoms with van der Waals surface area (Å²) in [6, 6.07) is 1.46. The van der Waals surface area contributed by atoms with E-state index in [1.54, 1.807) is 19.9 Å². The molecule has 4 heterocycles. The third-order valence-electron chi connectivity index (χ3n) is 9.02. The van der Waals surface area contributed by atoms with E-state index in [0.29, 0.717) is 51.8 Å². The maximum atomic E-state index is 15.1. The minimum Gasteiger partial charge on any atom is -0.458 e. The van der Waals surface area contributed by atoms with Crippen molar-refractivity contribution in [3.63, 3.8) is 0 Å². The van der Waals surface area contributed by atoms with Crippen molar-refractivity contribution in [2.75, 3.05) is 13.2 Å².